The summed E-state index contributed by atoms with van der Waals surface area (Å²) in [4.78, 5) is -0.0820. The minimum Gasteiger partial charge on any atom is -0.320 e. The highest BCUT2D eigenvalue weighted by Gasteiger charge is 2.36. The summed E-state index contributed by atoms with van der Waals surface area (Å²) in [5.74, 6) is 4.43. The zero-order valence-electron chi connectivity index (χ0n) is 11.2. The maximum Gasteiger partial charge on any atom is 0.241 e. The van der Waals surface area contributed by atoms with E-state index in [0.29, 0.717) is 0 Å². The first-order chi connectivity index (χ1) is 9.36. The van der Waals surface area contributed by atoms with Crippen LogP contribution in [-0.2, 0) is 10.0 Å². The lowest BCUT2D eigenvalue weighted by molar-refractivity contribution is 0.248. The molecule has 0 atom stereocenters. The van der Waals surface area contributed by atoms with Crippen molar-refractivity contribution in [2.24, 2.45) is 5.73 Å². The van der Waals surface area contributed by atoms with Crippen molar-refractivity contribution >= 4 is 10.0 Å². The maximum atomic E-state index is 13.8. The fourth-order valence-corrected chi connectivity index (χ4v) is 3.58. The molecule has 1 aliphatic carbocycles. The van der Waals surface area contributed by atoms with Crippen molar-refractivity contribution in [3.05, 3.63) is 29.6 Å². The molecule has 0 saturated heterocycles. The number of nitrogens with two attached hydrogens (primary N) is 1. The van der Waals surface area contributed by atoms with Gasteiger partial charge in [-0.15, -0.1) is 0 Å². The van der Waals surface area contributed by atoms with Gasteiger partial charge in [0.2, 0.25) is 10.0 Å². The van der Waals surface area contributed by atoms with Crippen molar-refractivity contribution < 1.29 is 12.8 Å². The van der Waals surface area contributed by atoms with E-state index in [-0.39, 0.29) is 17.0 Å². The Labute approximate surface area is 118 Å². The smallest absolute Gasteiger partial charge is 0.241 e. The number of benzene rings is 1. The van der Waals surface area contributed by atoms with E-state index < -0.39 is 21.4 Å². The molecule has 6 heteroatoms. The molecule has 0 radical (unpaired) electrons. The minimum atomic E-state index is -3.70. The van der Waals surface area contributed by atoms with Gasteiger partial charge >= 0.3 is 0 Å². The first-order valence-corrected chi connectivity index (χ1v) is 7.87. The van der Waals surface area contributed by atoms with Crippen molar-refractivity contribution in [2.75, 3.05) is 6.54 Å². The number of hydrogen-bond donors (Lipinski definition) is 2. The van der Waals surface area contributed by atoms with Crippen LogP contribution in [0.5, 0.6) is 0 Å². The summed E-state index contributed by atoms with van der Waals surface area (Å²) in [5, 5.41) is 0. The van der Waals surface area contributed by atoms with Crippen LogP contribution in [0.1, 0.15) is 31.7 Å². The van der Waals surface area contributed by atoms with Crippen LogP contribution in [0.25, 0.3) is 0 Å². The predicted molar refractivity (Wildman–Crippen MR) is 74.9 cm³/mol. The van der Waals surface area contributed by atoms with E-state index in [1.165, 1.54) is 12.1 Å². The number of halogens is 1. The Bertz CT molecular complexity index is 670. The second-order valence-corrected chi connectivity index (χ2v) is 6.85. The third kappa shape index (κ3) is 3.18. The van der Waals surface area contributed by atoms with E-state index in [2.05, 4.69) is 16.6 Å². The zero-order chi connectivity index (χ0) is 14.8. The second-order valence-electron chi connectivity index (χ2n) is 5.17. The molecule has 20 heavy (non-hydrogen) atoms. The Hall–Kier alpha value is -1.42. The summed E-state index contributed by atoms with van der Waals surface area (Å²) in [6.07, 6.45) is 2.60. The van der Waals surface area contributed by atoms with Crippen LogP contribution in [-0.4, -0.2) is 20.5 Å². The number of rotatable bonds is 3. The second kappa shape index (κ2) is 5.52. The number of nitrogens with one attached hydrogen (secondary N) is 1. The molecule has 0 aromatic heterocycles. The highest BCUT2D eigenvalue weighted by atomic mass is 32.2. The molecule has 0 heterocycles. The Morgan fingerprint density at radius 2 is 2.15 bits per heavy atom. The Morgan fingerprint density at radius 1 is 1.45 bits per heavy atom. The molecule has 4 nitrogen and oxygen atoms in total. The average Bonchev–Trinajstić information content (AvgIpc) is 2.35. The van der Waals surface area contributed by atoms with E-state index >= 15 is 0 Å². The molecule has 1 fully saturated rings. The van der Waals surface area contributed by atoms with Crippen LogP contribution >= 0.6 is 0 Å². The van der Waals surface area contributed by atoms with Crippen molar-refractivity contribution in [1.29, 1.82) is 0 Å². The quantitative estimate of drug-likeness (QED) is 0.827. The molecule has 1 aliphatic rings. The summed E-state index contributed by atoms with van der Waals surface area (Å²) in [5.41, 5.74) is 4.95. The number of hydrogen-bond acceptors (Lipinski definition) is 3. The molecular formula is C14H17FN2O2S. The van der Waals surface area contributed by atoms with Gasteiger partial charge in [0.1, 0.15) is 5.82 Å². The van der Waals surface area contributed by atoms with Crippen molar-refractivity contribution in [1.82, 2.24) is 4.72 Å². The number of sulfonamides is 1. The van der Waals surface area contributed by atoms with Gasteiger partial charge in [0.05, 0.1) is 17.0 Å². The molecule has 0 unspecified atom stereocenters. The molecule has 0 aliphatic heterocycles. The van der Waals surface area contributed by atoms with Gasteiger partial charge < -0.3 is 5.73 Å². The van der Waals surface area contributed by atoms with E-state index in [0.717, 1.165) is 25.3 Å². The van der Waals surface area contributed by atoms with Crippen LogP contribution in [0.15, 0.2) is 23.1 Å². The Morgan fingerprint density at radius 3 is 2.65 bits per heavy atom. The lowest BCUT2D eigenvalue weighted by Crippen LogP contribution is -2.50. The largest absolute Gasteiger partial charge is 0.320 e. The summed E-state index contributed by atoms with van der Waals surface area (Å²) < 4.78 is 40.8. The van der Waals surface area contributed by atoms with Crippen molar-refractivity contribution in [3.8, 4) is 11.8 Å². The van der Waals surface area contributed by atoms with Gasteiger partial charge in [-0.3, -0.25) is 0 Å². The summed E-state index contributed by atoms with van der Waals surface area (Å²) in [6.45, 7) is 1.98. The average molecular weight is 296 g/mol. The molecule has 108 valence electrons. The molecule has 1 aromatic rings. The molecule has 3 N–H and O–H groups in total. The summed E-state index contributed by atoms with van der Waals surface area (Å²) >= 11 is 0. The monoisotopic (exact) mass is 296 g/mol. The van der Waals surface area contributed by atoms with Gasteiger partial charge in [-0.05, 0) is 44.4 Å². The van der Waals surface area contributed by atoms with Gasteiger partial charge in [0.25, 0.3) is 0 Å². The third-order valence-electron chi connectivity index (χ3n) is 3.41. The molecular weight excluding hydrogens is 279 g/mol. The SMILES string of the molecule is CC1(NS(=O)(=O)c2ccc(C#CCN)c(F)c2)CCC1. The molecule has 1 aromatic carbocycles. The molecule has 2 rings (SSSR count). The summed E-state index contributed by atoms with van der Waals surface area (Å²) in [6, 6.07) is 3.70. The van der Waals surface area contributed by atoms with E-state index in [9.17, 15) is 12.8 Å². The standard InChI is InChI=1S/C14H17FN2O2S/c1-14(7-3-8-14)17-20(18,19)12-6-5-11(4-2-9-16)13(15)10-12/h5-6,10,17H,3,7-9,16H2,1H3. The molecule has 0 bridgehead atoms. The van der Waals surface area contributed by atoms with Crippen LogP contribution in [0.2, 0.25) is 0 Å². The van der Waals surface area contributed by atoms with Crippen molar-refractivity contribution in [2.45, 2.75) is 36.6 Å². The van der Waals surface area contributed by atoms with Crippen LogP contribution in [0, 0.1) is 17.7 Å². The van der Waals surface area contributed by atoms with E-state index in [1.807, 2.05) is 6.92 Å². The molecule has 0 amide bonds. The molecule has 1 saturated carbocycles. The van der Waals surface area contributed by atoms with Crippen LogP contribution < -0.4 is 10.5 Å². The van der Waals surface area contributed by atoms with Gasteiger partial charge in [-0.2, -0.15) is 0 Å². The first kappa shape index (κ1) is 15.0. The fourth-order valence-electron chi connectivity index (χ4n) is 2.10. The Kier molecular flexibility index (Phi) is 4.14. The topological polar surface area (TPSA) is 72.2 Å². The van der Waals surface area contributed by atoms with Crippen LogP contribution in [0.4, 0.5) is 4.39 Å². The van der Waals surface area contributed by atoms with Gasteiger partial charge in [0.15, 0.2) is 0 Å². The first-order valence-electron chi connectivity index (χ1n) is 6.39. The third-order valence-corrected chi connectivity index (χ3v) is 5.05. The van der Waals surface area contributed by atoms with Gasteiger partial charge in [-0.1, -0.05) is 11.8 Å². The lowest BCUT2D eigenvalue weighted by Gasteiger charge is -2.38. The van der Waals surface area contributed by atoms with E-state index in [1.54, 1.807) is 0 Å². The Balaban J connectivity index is 2.26. The minimum absolute atomic E-state index is 0.0820. The van der Waals surface area contributed by atoms with Crippen molar-refractivity contribution in [3.63, 3.8) is 0 Å². The van der Waals surface area contributed by atoms with E-state index in [4.69, 9.17) is 5.73 Å². The highest BCUT2D eigenvalue weighted by molar-refractivity contribution is 7.89. The van der Waals surface area contributed by atoms with Gasteiger partial charge in [-0.25, -0.2) is 17.5 Å². The van der Waals surface area contributed by atoms with Gasteiger partial charge in [0, 0.05) is 5.54 Å². The predicted octanol–water partition coefficient (Wildman–Crippen LogP) is 1.36. The normalized spacial score (nSPS) is 16.9. The highest BCUT2D eigenvalue weighted by Crippen LogP contribution is 2.32. The lowest BCUT2D eigenvalue weighted by atomic mass is 9.80. The molecule has 0 spiro atoms. The summed E-state index contributed by atoms with van der Waals surface area (Å²) in [7, 11) is -3.70. The fraction of sp³-hybridized carbons (Fsp3) is 0.429. The maximum absolute atomic E-state index is 13.8. The zero-order valence-corrected chi connectivity index (χ0v) is 12.1. The van der Waals surface area contributed by atoms with Crippen LogP contribution in [0.3, 0.4) is 0 Å².